The summed E-state index contributed by atoms with van der Waals surface area (Å²) in [5.41, 5.74) is 4.37. The molecule has 2 heterocycles. The summed E-state index contributed by atoms with van der Waals surface area (Å²) in [6, 6.07) is 16.2. The number of benzene rings is 2. The number of rotatable bonds is 6. The first kappa shape index (κ1) is 18.1. The summed E-state index contributed by atoms with van der Waals surface area (Å²) in [5.74, 6) is 0.514. The third-order valence-electron chi connectivity index (χ3n) is 5.35. The second-order valence-electron chi connectivity index (χ2n) is 7.21. The number of aromatic nitrogens is 1. The fourth-order valence-corrected chi connectivity index (χ4v) is 4.49. The average Bonchev–Trinajstić information content (AvgIpc) is 3.30. The molecular weight excluding hydrogens is 358 g/mol. The van der Waals surface area contributed by atoms with Crippen molar-refractivity contribution in [1.29, 1.82) is 0 Å². The van der Waals surface area contributed by atoms with E-state index in [9.17, 15) is 8.42 Å². The minimum Gasteiger partial charge on any atom is -0.361 e. The standard InChI is InChI=1S/C21H25N3O2S/c1-2-27(25,26)23-19-7-5-6-16(12-19)17-10-11-24(14-17)15-18-13-22-21-9-4-3-8-20(18)21/h3-9,12-13,17,22-23H,2,10-11,14-15H2,1H3. The molecule has 1 aliphatic rings. The number of likely N-dealkylation sites (tertiary alicyclic amines) is 1. The third kappa shape index (κ3) is 4.01. The van der Waals surface area contributed by atoms with Crippen molar-refractivity contribution in [2.24, 2.45) is 0 Å². The predicted octanol–water partition coefficient (Wildman–Crippen LogP) is 3.92. The fourth-order valence-electron chi connectivity index (χ4n) is 3.86. The van der Waals surface area contributed by atoms with E-state index >= 15 is 0 Å². The summed E-state index contributed by atoms with van der Waals surface area (Å²) >= 11 is 0. The number of nitrogens with one attached hydrogen (secondary N) is 2. The first-order chi connectivity index (χ1) is 13.0. The van der Waals surface area contributed by atoms with Gasteiger partial charge in [-0.25, -0.2) is 8.42 Å². The Hall–Kier alpha value is -2.31. The van der Waals surface area contributed by atoms with Gasteiger partial charge < -0.3 is 4.98 Å². The number of sulfonamides is 1. The van der Waals surface area contributed by atoms with Crippen LogP contribution in [0.25, 0.3) is 10.9 Å². The number of anilines is 1. The smallest absolute Gasteiger partial charge is 0.232 e. The SMILES string of the molecule is CCS(=O)(=O)Nc1cccc(C2CCN(Cc3c[nH]c4ccccc34)C2)c1. The van der Waals surface area contributed by atoms with Gasteiger partial charge in [0.25, 0.3) is 0 Å². The Bertz CT molecular complexity index is 1040. The van der Waals surface area contributed by atoms with Gasteiger partial charge in [-0.3, -0.25) is 9.62 Å². The van der Waals surface area contributed by atoms with Gasteiger partial charge in [-0.05, 0) is 55.1 Å². The Morgan fingerprint density at radius 2 is 2.04 bits per heavy atom. The number of hydrogen-bond donors (Lipinski definition) is 2. The molecule has 142 valence electrons. The number of hydrogen-bond acceptors (Lipinski definition) is 3. The van der Waals surface area contributed by atoms with E-state index in [0.29, 0.717) is 11.6 Å². The molecule has 0 bridgehead atoms. The summed E-state index contributed by atoms with van der Waals surface area (Å²) in [6.07, 6.45) is 3.20. The van der Waals surface area contributed by atoms with Gasteiger partial charge in [0.1, 0.15) is 0 Å². The van der Waals surface area contributed by atoms with Crippen molar-refractivity contribution in [3.05, 3.63) is 65.9 Å². The number of fused-ring (bicyclic) bond motifs is 1. The molecule has 5 nitrogen and oxygen atoms in total. The maximum absolute atomic E-state index is 11.8. The Morgan fingerprint density at radius 1 is 1.19 bits per heavy atom. The Kier molecular flexibility index (Phi) is 4.93. The van der Waals surface area contributed by atoms with Crippen molar-refractivity contribution >= 4 is 26.6 Å². The largest absolute Gasteiger partial charge is 0.361 e. The molecule has 3 aromatic rings. The molecule has 27 heavy (non-hydrogen) atoms. The van der Waals surface area contributed by atoms with Crippen LogP contribution in [0.3, 0.4) is 0 Å². The van der Waals surface area contributed by atoms with E-state index in [0.717, 1.165) is 26.1 Å². The molecule has 0 amide bonds. The van der Waals surface area contributed by atoms with Gasteiger partial charge in [-0.15, -0.1) is 0 Å². The minimum atomic E-state index is -3.24. The molecule has 1 unspecified atom stereocenters. The van der Waals surface area contributed by atoms with Crippen LogP contribution in [0, 0.1) is 0 Å². The molecule has 1 atom stereocenters. The van der Waals surface area contributed by atoms with Crippen LogP contribution in [0.4, 0.5) is 5.69 Å². The summed E-state index contributed by atoms with van der Waals surface area (Å²) in [4.78, 5) is 5.82. The minimum absolute atomic E-state index is 0.0824. The zero-order valence-corrected chi connectivity index (χ0v) is 16.3. The lowest BCUT2D eigenvalue weighted by Crippen LogP contribution is -2.19. The molecule has 1 aromatic heterocycles. The molecule has 4 rings (SSSR count). The van der Waals surface area contributed by atoms with Crippen LogP contribution in [-0.4, -0.2) is 37.1 Å². The van der Waals surface area contributed by atoms with Gasteiger partial charge in [0.2, 0.25) is 10.0 Å². The van der Waals surface area contributed by atoms with Crippen LogP contribution in [0.2, 0.25) is 0 Å². The lowest BCUT2D eigenvalue weighted by Gasteiger charge is -2.16. The molecule has 1 aliphatic heterocycles. The lowest BCUT2D eigenvalue weighted by molar-refractivity contribution is 0.328. The van der Waals surface area contributed by atoms with E-state index in [4.69, 9.17) is 0 Å². The van der Waals surface area contributed by atoms with E-state index < -0.39 is 10.0 Å². The van der Waals surface area contributed by atoms with Crippen molar-refractivity contribution in [3.8, 4) is 0 Å². The number of H-pyrrole nitrogens is 1. The van der Waals surface area contributed by atoms with Crippen molar-refractivity contribution in [1.82, 2.24) is 9.88 Å². The Balaban J connectivity index is 1.45. The van der Waals surface area contributed by atoms with Crippen molar-refractivity contribution in [2.45, 2.75) is 25.8 Å². The zero-order chi connectivity index (χ0) is 18.9. The number of para-hydroxylation sites is 1. The van der Waals surface area contributed by atoms with Gasteiger partial charge >= 0.3 is 0 Å². The summed E-state index contributed by atoms with van der Waals surface area (Å²) in [7, 11) is -3.24. The van der Waals surface area contributed by atoms with Crippen LogP contribution in [-0.2, 0) is 16.6 Å². The second kappa shape index (κ2) is 7.37. The number of aromatic amines is 1. The average molecular weight is 384 g/mol. The summed E-state index contributed by atoms with van der Waals surface area (Å²) < 4.78 is 26.3. The zero-order valence-electron chi connectivity index (χ0n) is 15.5. The van der Waals surface area contributed by atoms with Crippen LogP contribution in [0.15, 0.2) is 54.7 Å². The van der Waals surface area contributed by atoms with Crippen LogP contribution in [0.1, 0.15) is 30.4 Å². The highest BCUT2D eigenvalue weighted by molar-refractivity contribution is 7.92. The van der Waals surface area contributed by atoms with E-state index in [1.54, 1.807) is 6.92 Å². The van der Waals surface area contributed by atoms with Gasteiger partial charge in [0, 0.05) is 35.9 Å². The van der Waals surface area contributed by atoms with Gasteiger partial charge in [0.15, 0.2) is 0 Å². The fraction of sp³-hybridized carbons (Fsp3) is 0.333. The highest BCUT2D eigenvalue weighted by Gasteiger charge is 2.24. The molecular formula is C21H25N3O2S. The van der Waals surface area contributed by atoms with Crippen molar-refractivity contribution in [2.75, 3.05) is 23.6 Å². The van der Waals surface area contributed by atoms with Gasteiger partial charge in [-0.1, -0.05) is 30.3 Å². The summed E-state index contributed by atoms with van der Waals surface area (Å²) in [5, 5.41) is 1.29. The van der Waals surface area contributed by atoms with E-state index in [2.05, 4.69) is 45.1 Å². The third-order valence-corrected chi connectivity index (χ3v) is 6.66. The predicted molar refractivity (Wildman–Crippen MR) is 110 cm³/mol. The normalized spacial score (nSPS) is 18.2. The topological polar surface area (TPSA) is 65.2 Å². The second-order valence-corrected chi connectivity index (χ2v) is 9.22. The lowest BCUT2D eigenvalue weighted by atomic mass is 9.98. The molecule has 0 aliphatic carbocycles. The molecule has 6 heteroatoms. The molecule has 1 saturated heterocycles. The maximum Gasteiger partial charge on any atom is 0.232 e. The molecule has 2 N–H and O–H groups in total. The summed E-state index contributed by atoms with van der Waals surface area (Å²) in [6.45, 7) is 4.62. The highest BCUT2D eigenvalue weighted by atomic mass is 32.2. The Morgan fingerprint density at radius 3 is 2.89 bits per heavy atom. The monoisotopic (exact) mass is 383 g/mol. The van der Waals surface area contributed by atoms with Crippen LogP contribution >= 0.6 is 0 Å². The quantitative estimate of drug-likeness (QED) is 0.678. The van der Waals surface area contributed by atoms with E-state index in [1.807, 2.05) is 24.3 Å². The van der Waals surface area contributed by atoms with Crippen LogP contribution in [0.5, 0.6) is 0 Å². The molecule has 1 fully saturated rings. The molecule has 2 aromatic carbocycles. The van der Waals surface area contributed by atoms with Crippen LogP contribution < -0.4 is 4.72 Å². The first-order valence-electron chi connectivity index (χ1n) is 9.42. The first-order valence-corrected chi connectivity index (χ1v) is 11.1. The molecule has 0 saturated carbocycles. The van der Waals surface area contributed by atoms with E-state index in [-0.39, 0.29) is 5.75 Å². The molecule has 0 spiro atoms. The Labute approximate surface area is 160 Å². The molecule has 0 radical (unpaired) electrons. The van der Waals surface area contributed by atoms with Gasteiger partial charge in [-0.2, -0.15) is 0 Å². The van der Waals surface area contributed by atoms with Crippen molar-refractivity contribution in [3.63, 3.8) is 0 Å². The number of nitrogens with zero attached hydrogens (tertiary/aromatic N) is 1. The maximum atomic E-state index is 11.8. The van der Waals surface area contributed by atoms with E-state index in [1.165, 1.54) is 22.0 Å². The van der Waals surface area contributed by atoms with Crippen molar-refractivity contribution < 1.29 is 8.42 Å². The van der Waals surface area contributed by atoms with Gasteiger partial charge in [0.05, 0.1) is 5.75 Å². The highest BCUT2D eigenvalue weighted by Crippen LogP contribution is 2.31.